The van der Waals surface area contributed by atoms with Crippen LogP contribution in [0.5, 0.6) is 5.75 Å². The Hall–Kier alpha value is -1.28. The van der Waals surface area contributed by atoms with E-state index in [0.29, 0.717) is 18.3 Å². The molecule has 5 nitrogen and oxygen atoms in total. The average Bonchev–Trinajstić information content (AvgIpc) is 2.57. The van der Waals surface area contributed by atoms with Crippen LogP contribution in [0.1, 0.15) is 25.3 Å². The highest BCUT2D eigenvalue weighted by atomic mass is 127. The number of nitrogens with one attached hydrogen (secondary N) is 2. The summed E-state index contributed by atoms with van der Waals surface area (Å²) in [6.07, 6.45) is 5.05. The summed E-state index contributed by atoms with van der Waals surface area (Å²) in [5.74, 6) is 1.20. The molecular weight excluding hydrogens is 427 g/mol. The Morgan fingerprint density at radius 2 is 2.16 bits per heavy atom. The molecule has 0 aromatic heterocycles. The molecule has 0 radical (unpaired) electrons. The van der Waals surface area contributed by atoms with Crippen LogP contribution >= 0.6 is 24.0 Å². The minimum absolute atomic E-state index is 0. The Morgan fingerprint density at radius 1 is 1.40 bits per heavy atom. The molecule has 0 saturated carbocycles. The van der Waals surface area contributed by atoms with E-state index >= 15 is 0 Å². The van der Waals surface area contributed by atoms with Crippen LogP contribution in [0.15, 0.2) is 41.9 Å². The van der Waals surface area contributed by atoms with Crippen molar-refractivity contribution in [2.45, 2.75) is 32.2 Å². The molecule has 0 unspecified atom stereocenters. The molecule has 1 aliphatic heterocycles. The van der Waals surface area contributed by atoms with E-state index in [1.165, 1.54) is 0 Å². The number of phenols is 1. The first-order valence-electron chi connectivity index (χ1n) is 8.87. The van der Waals surface area contributed by atoms with Gasteiger partial charge in [0.1, 0.15) is 5.75 Å². The normalized spacial score (nSPS) is 16.1. The molecule has 0 aliphatic carbocycles. The van der Waals surface area contributed by atoms with Gasteiger partial charge >= 0.3 is 0 Å². The number of halogens is 1. The number of benzene rings is 1. The van der Waals surface area contributed by atoms with Crippen molar-refractivity contribution in [2.24, 2.45) is 4.99 Å². The number of aliphatic imine (C=N–C) groups is 1. The van der Waals surface area contributed by atoms with Crippen molar-refractivity contribution in [1.29, 1.82) is 0 Å². The molecule has 0 bridgehead atoms. The van der Waals surface area contributed by atoms with Crippen molar-refractivity contribution in [3.63, 3.8) is 0 Å². The lowest BCUT2D eigenvalue weighted by molar-refractivity contribution is 0.225. The Balaban J connectivity index is 0.00000312. The van der Waals surface area contributed by atoms with E-state index < -0.39 is 0 Å². The van der Waals surface area contributed by atoms with Crippen LogP contribution in [-0.4, -0.2) is 54.7 Å². The number of rotatable bonds is 7. The highest BCUT2D eigenvalue weighted by Crippen LogP contribution is 2.12. The number of hydrogen-bond donors (Lipinski definition) is 3. The van der Waals surface area contributed by atoms with Crippen LogP contribution in [0.25, 0.3) is 0 Å². The zero-order valence-electron chi connectivity index (χ0n) is 15.1. The molecule has 0 amide bonds. The molecule has 1 aromatic rings. The van der Waals surface area contributed by atoms with Crippen LogP contribution in [0, 0.1) is 0 Å². The fraction of sp³-hybridized carbons (Fsp3) is 0.526. The number of aromatic hydroxyl groups is 1. The van der Waals surface area contributed by atoms with Crippen molar-refractivity contribution < 1.29 is 5.11 Å². The van der Waals surface area contributed by atoms with Gasteiger partial charge in [-0.1, -0.05) is 18.2 Å². The zero-order valence-corrected chi connectivity index (χ0v) is 17.4. The Bertz CT molecular complexity index is 542. The Morgan fingerprint density at radius 3 is 2.80 bits per heavy atom. The van der Waals surface area contributed by atoms with E-state index in [9.17, 15) is 5.11 Å². The first-order chi connectivity index (χ1) is 11.7. The van der Waals surface area contributed by atoms with Gasteiger partial charge in [-0.3, -0.25) is 9.89 Å². The second-order valence-corrected chi connectivity index (χ2v) is 6.19. The summed E-state index contributed by atoms with van der Waals surface area (Å²) in [5.41, 5.74) is 1.10. The molecule has 6 heteroatoms. The average molecular weight is 458 g/mol. The van der Waals surface area contributed by atoms with Gasteiger partial charge < -0.3 is 15.7 Å². The lowest BCUT2D eigenvalue weighted by Crippen LogP contribution is -2.48. The lowest BCUT2D eigenvalue weighted by Gasteiger charge is -2.32. The third kappa shape index (κ3) is 8.09. The van der Waals surface area contributed by atoms with Gasteiger partial charge in [-0.15, -0.1) is 30.6 Å². The SMILES string of the molecule is C=CCN1CCC(NC(=NCCc2cccc(O)c2)NCC)CC1.I. The van der Waals surface area contributed by atoms with Gasteiger partial charge in [0.2, 0.25) is 0 Å². The fourth-order valence-electron chi connectivity index (χ4n) is 2.96. The highest BCUT2D eigenvalue weighted by Gasteiger charge is 2.18. The summed E-state index contributed by atoms with van der Waals surface area (Å²) in [5, 5.41) is 16.4. The van der Waals surface area contributed by atoms with Crippen molar-refractivity contribution >= 4 is 29.9 Å². The highest BCUT2D eigenvalue weighted by molar-refractivity contribution is 14.0. The number of guanidine groups is 1. The molecule has 0 spiro atoms. The van der Waals surface area contributed by atoms with Crippen LogP contribution in [0.4, 0.5) is 0 Å². The minimum atomic E-state index is 0. The fourth-order valence-corrected chi connectivity index (χ4v) is 2.96. The van der Waals surface area contributed by atoms with E-state index in [1.807, 2.05) is 18.2 Å². The topological polar surface area (TPSA) is 59.9 Å². The van der Waals surface area contributed by atoms with Crippen LogP contribution in [0.2, 0.25) is 0 Å². The summed E-state index contributed by atoms with van der Waals surface area (Å²) in [6, 6.07) is 7.85. The molecule has 1 saturated heterocycles. The molecular formula is C19H31IN4O. The van der Waals surface area contributed by atoms with Gasteiger partial charge in [-0.2, -0.15) is 0 Å². The third-order valence-electron chi connectivity index (χ3n) is 4.24. The van der Waals surface area contributed by atoms with Gasteiger partial charge in [0.25, 0.3) is 0 Å². The molecule has 1 heterocycles. The molecule has 1 fully saturated rings. The van der Waals surface area contributed by atoms with Gasteiger partial charge in [-0.25, -0.2) is 0 Å². The van der Waals surface area contributed by atoms with E-state index in [-0.39, 0.29) is 24.0 Å². The zero-order chi connectivity index (χ0) is 17.2. The maximum Gasteiger partial charge on any atom is 0.191 e. The number of piperidine rings is 1. The maximum absolute atomic E-state index is 9.51. The standard InChI is InChI=1S/C19H30N4O.HI/c1-3-12-23-13-9-17(10-14-23)22-19(20-4-2)21-11-8-16-6-5-7-18(24)15-16;/h3,5-7,15,17,24H,1,4,8-14H2,2H3,(H2,20,21,22);1H. The summed E-state index contributed by atoms with van der Waals surface area (Å²) in [7, 11) is 0. The van der Waals surface area contributed by atoms with Crippen molar-refractivity contribution in [2.75, 3.05) is 32.7 Å². The predicted octanol–water partition coefficient (Wildman–Crippen LogP) is 2.76. The molecule has 0 atom stereocenters. The maximum atomic E-state index is 9.51. The largest absolute Gasteiger partial charge is 0.508 e. The Kier molecular flexibility index (Phi) is 10.6. The van der Waals surface area contributed by atoms with E-state index in [1.54, 1.807) is 12.1 Å². The van der Waals surface area contributed by atoms with Gasteiger partial charge in [0, 0.05) is 38.8 Å². The quantitative estimate of drug-likeness (QED) is 0.255. The smallest absolute Gasteiger partial charge is 0.191 e. The van der Waals surface area contributed by atoms with E-state index in [4.69, 9.17) is 0 Å². The lowest BCUT2D eigenvalue weighted by atomic mass is 10.1. The predicted molar refractivity (Wildman–Crippen MR) is 116 cm³/mol. The van der Waals surface area contributed by atoms with Crippen molar-refractivity contribution in [3.8, 4) is 5.75 Å². The second kappa shape index (κ2) is 12.1. The summed E-state index contributed by atoms with van der Waals surface area (Å²) in [6.45, 7) is 10.6. The summed E-state index contributed by atoms with van der Waals surface area (Å²) >= 11 is 0. The number of nitrogens with zero attached hydrogens (tertiary/aromatic N) is 2. The first-order valence-corrected chi connectivity index (χ1v) is 8.87. The van der Waals surface area contributed by atoms with Crippen LogP contribution in [-0.2, 0) is 6.42 Å². The van der Waals surface area contributed by atoms with Gasteiger partial charge in [-0.05, 0) is 43.9 Å². The summed E-state index contributed by atoms with van der Waals surface area (Å²) < 4.78 is 0. The first kappa shape index (κ1) is 21.8. The number of phenolic OH excluding ortho intramolecular Hbond substituents is 1. The molecule has 2 rings (SSSR count). The summed E-state index contributed by atoms with van der Waals surface area (Å²) in [4.78, 5) is 7.10. The molecule has 1 aliphatic rings. The second-order valence-electron chi connectivity index (χ2n) is 6.19. The van der Waals surface area contributed by atoms with Crippen molar-refractivity contribution in [3.05, 3.63) is 42.5 Å². The van der Waals surface area contributed by atoms with Crippen LogP contribution < -0.4 is 10.6 Å². The Labute approximate surface area is 168 Å². The van der Waals surface area contributed by atoms with Crippen LogP contribution in [0.3, 0.4) is 0 Å². The molecule has 140 valence electrons. The molecule has 25 heavy (non-hydrogen) atoms. The molecule has 1 aromatic carbocycles. The van der Waals surface area contributed by atoms with Crippen molar-refractivity contribution in [1.82, 2.24) is 15.5 Å². The van der Waals surface area contributed by atoms with E-state index in [0.717, 1.165) is 57.0 Å². The minimum Gasteiger partial charge on any atom is -0.508 e. The molecule has 3 N–H and O–H groups in total. The van der Waals surface area contributed by atoms with E-state index in [2.05, 4.69) is 34.0 Å². The van der Waals surface area contributed by atoms with Gasteiger partial charge in [0.15, 0.2) is 5.96 Å². The third-order valence-corrected chi connectivity index (χ3v) is 4.24. The number of hydrogen-bond acceptors (Lipinski definition) is 3. The monoisotopic (exact) mass is 458 g/mol. The number of likely N-dealkylation sites (tertiary alicyclic amines) is 1. The van der Waals surface area contributed by atoms with Gasteiger partial charge in [0.05, 0.1) is 0 Å².